The summed E-state index contributed by atoms with van der Waals surface area (Å²) in [5, 5.41) is 15.6. The normalized spacial score (nSPS) is 10.8. The minimum atomic E-state index is 0.211. The van der Waals surface area contributed by atoms with Crippen molar-refractivity contribution in [2.24, 2.45) is 0 Å². The van der Waals surface area contributed by atoms with Crippen LogP contribution in [0.15, 0.2) is 84.9 Å². The maximum atomic E-state index is 10.2. The van der Waals surface area contributed by atoms with Crippen molar-refractivity contribution in [2.75, 3.05) is 0 Å². The second kappa shape index (κ2) is 6.46. The van der Waals surface area contributed by atoms with E-state index in [9.17, 15) is 5.11 Å². The van der Waals surface area contributed by atoms with Gasteiger partial charge in [0, 0.05) is 16.1 Å². The summed E-state index contributed by atoms with van der Waals surface area (Å²) in [6.45, 7) is 0. The van der Waals surface area contributed by atoms with Gasteiger partial charge in [0.2, 0.25) is 0 Å². The van der Waals surface area contributed by atoms with Crippen LogP contribution in [0.5, 0.6) is 5.75 Å². The van der Waals surface area contributed by atoms with E-state index in [1.54, 1.807) is 12.1 Å². The summed E-state index contributed by atoms with van der Waals surface area (Å²) in [4.78, 5) is 0. The van der Waals surface area contributed by atoms with E-state index in [0.29, 0.717) is 16.3 Å². The molecule has 0 amide bonds. The molecule has 4 aromatic rings. The Labute approximate surface area is 150 Å². The Morgan fingerprint density at radius 1 is 0.800 bits per heavy atom. The Bertz CT molecular complexity index is 1010. The lowest BCUT2D eigenvalue weighted by atomic mass is 10.1. The SMILES string of the molecule is Oc1ccccc1-c1cc(-c2ccccc2)n(-c2ccc(Cl)cc2)n1. The minimum absolute atomic E-state index is 0.211. The number of rotatable bonds is 3. The Morgan fingerprint density at radius 3 is 2.20 bits per heavy atom. The fraction of sp³-hybridized carbons (Fsp3) is 0. The molecular formula is C21H15ClN2O. The van der Waals surface area contributed by atoms with Crippen molar-refractivity contribution in [3.05, 3.63) is 90.0 Å². The molecule has 0 spiro atoms. The molecule has 1 N–H and O–H groups in total. The van der Waals surface area contributed by atoms with Gasteiger partial charge in [0.05, 0.1) is 17.1 Å². The fourth-order valence-electron chi connectivity index (χ4n) is 2.80. The molecule has 4 heteroatoms. The third-order valence-corrected chi connectivity index (χ3v) is 4.28. The van der Waals surface area contributed by atoms with Crippen molar-refractivity contribution in [1.29, 1.82) is 0 Å². The number of phenols is 1. The second-order valence-electron chi connectivity index (χ2n) is 5.69. The first-order valence-corrected chi connectivity index (χ1v) is 8.30. The molecule has 3 aromatic carbocycles. The predicted molar refractivity (Wildman–Crippen MR) is 101 cm³/mol. The number of benzene rings is 3. The summed E-state index contributed by atoms with van der Waals surface area (Å²) in [5.41, 5.74) is 4.32. The van der Waals surface area contributed by atoms with Crippen LogP contribution in [0.1, 0.15) is 0 Å². The van der Waals surface area contributed by atoms with E-state index in [1.807, 2.05) is 77.5 Å². The van der Waals surface area contributed by atoms with Crippen molar-refractivity contribution in [1.82, 2.24) is 9.78 Å². The summed E-state index contributed by atoms with van der Waals surface area (Å²) < 4.78 is 1.87. The summed E-state index contributed by atoms with van der Waals surface area (Å²) in [5.74, 6) is 0.211. The van der Waals surface area contributed by atoms with Gasteiger partial charge < -0.3 is 5.11 Å². The van der Waals surface area contributed by atoms with E-state index in [0.717, 1.165) is 16.9 Å². The number of aromatic nitrogens is 2. The topological polar surface area (TPSA) is 38.0 Å². The summed E-state index contributed by atoms with van der Waals surface area (Å²) in [6, 6.07) is 26.8. The maximum Gasteiger partial charge on any atom is 0.125 e. The van der Waals surface area contributed by atoms with Gasteiger partial charge in [-0.25, -0.2) is 4.68 Å². The van der Waals surface area contributed by atoms with Crippen molar-refractivity contribution in [3.8, 4) is 34.0 Å². The van der Waals surface area contributed by atoms with Gasteiger partial charge in [0.25, 0.3) is 0 Å². The Kier molecular flexibility index (Phi) is 4.00. The van der Waals surface area contributed by atoms with Crippen LogP contribution in [-0.2, 0) is 0 Å². The molecule has 1 aromatic heterocycles. The van der Waals surface area contributed by atoms with Crippen molar-refractivity contribution in [3.63, 3.8) is 0 Å². The summed E-state index contributed by atoms with van der Waals surface area (Å²) >= 11 is 6.02. The van der Waals surface area contributed by atoms with E-state index >= 15 is 0 Å². The van der Waals surface area contributed by atoms with Gasteiger partial charge in [0.1, 0.15) is 5.75 Å². The van der Waals surface area contributed by atoms with E-state index in [-0.39, 0.29) is 5.75 Å². The largest absolute Gasteiger partial charge is 0.507 e. The Balaban J connectivity index is 1.92. The second-order valence-corrected chi connectivity index (χ2v) is 6.12. The van der Waals surface area contributed by atoms with Gasteiger partial charge in [-0.2, -0.15) is 5.10 Å². The predicted octanol–water partition coefficient (Wildman–Crippen LogP) is 5.57. The molecule has 0 aliphatic carbocycles. The molecule has 0 radical (unpaired) electrons. The third-order valence-electron chi connectivity index (χ3n) is 4.03. The number of para-hydroxylation sites is 1. The Morgan fingerprint density at radius 2 is 1.48 bits per heavy atom. The van der Waals surface area contributed by atoms with E-state index in [1.165, 1.54) is 0 Å². The summed E-state index contributed by atoms with van der Waals surface area (Å²) in [7, 11) is 0. The van der Waals surface area contributed by atoms with E-state index in [2.05, 4.69) is 0 Å². The highest BCUT2D eigenvalue weighted by Gasteiger charge is 2.14. The van der Waals surface area contributed by atoms with Gasteiger partial charge in [-0.05, 0) is 42.5 Å². The lowest BCUT2D eigenvalue weighted by molar-refractivity contribution is 0.477. The van der Waals surface area contributed by atoms with E-state index in [4.69, 9.17) is 16.7 Å². The minimum Gasteiger partial charge on any atom is -0.507 e. The van der Waals surface area contributed by atoms with Crippen LogP contribution >= 0.6 is 11.6 Å². The van der Waals surface area contributed by atoms with Gasteiger partial charge in [-0.1, -0.05) is 54.1 Å². The molecule has 122 valence electrons. The highest BCUT2D eigenvalue weighted by atomic mass is 35.5. The first-order valence-electron chi connectivity index (χ1n) is 7.92. The molecule has 1 heterocycles. The number of hydrogen-bond acceptors (Lipinski definition) is 2. The molecule has 0 bridgehead atoms. The van der Waals surface area contributed by atoms with Crippen molar-refractivity contribution >= 4 is 11.6 Å². The number of phenolic OH excluding ortho intramolecular Hbond substituents is 1. The number of aromatic hydroxyl groups is 1. The zero-order chi connectivity index (χ0) is 17.2. The lowest BCUT2D eigenvalue weighted by Crippen LogP contribution is -1.99. The first-order chi connectivity index (χ1) is 12.2. The number of nitrogens with zero attached hydrogens (tertiary/aromatic N) is 2. The molecule has 0 aliphatic rings. The van der Waals surface area contributed by atoms with Gasteiger partial charge in [0.15, 0.2) is 0 Å². The molecule has 0 saturated heterocycles. The van der Waals surface area contributed by atoms with Crippen LogP contribution in [-0.4, -0.2) is 14.9 Å². The molecule has 4 rings (SSSR count). The van der Waals surface area contributed by atoms with Crippen LogP contribution in [0.4, 0.5) is 0 Å². The monoisotopic (exact) mass is 346 g/mol. The molecular weight excluding hydrogens is 332 g/mol. The van der Waals surface area contributed by atoms with Crippen LogP contribution in [0, 0.1) is 0 Å². The average molecular weight is 347 g/mol. The third kappa shape index (κ3) is 3.02. The van der Waals surface area contributed by atoms with E-state index < -0.39 is 0 Å². The Hall–Kier alpha value is -3.04. The van der Waals surface area contributed by atoms with Gasteiger partial charge in [-0.3, -0.25) is 0 Å². The molecule has 0 saturated carbocycles. The number of hydrogen-bond donors (Lipinski definition) is 1. The quantitative estimate of drug-likeness (QED) is 0.527. The van der Waals surface area contributed by atoms with Gasteiger partial charge >= 0.3 is 0 Å². The van der Waals surface area contributed by atoms with Crippen molar-refractivity contribution in [2.45, 2.75) is 0 Å². The molecule has 3 nitrogen and oxygen atoms in total. The molecule has 0 atom stereocenters. The lowest BCUT2D eigenvalue weighted by Gasteiger charge is -2.07. The molecule has 0 aliphatic heterocycles. The number of halogens is 1. The maximum absolute atomic E-state index is 10.2. The molecule has 0 unspecified atom stereocenters. The van der Waals surface area contributed by atoms with Gasteiger partial charge in [-0.15, -0.1) is 0 Å². The van der Waals surface area contributed by atoms with Crippen LogP contribution in [0.25, 0.3) is 28.2 Å². The molecule has 25 heavy (non-hydrogen) atoms. The first kappa shape index (κ1) is 15.5. The smallest absolute Gasteiger partial charge is 0.125 e. The van der Waals surface area contributed by atoms with Crippen LogP contribution in [0.3, 0.4) is 0 Å². The fourth-order valence-corrected chi connectivity index (χ4v) is 2.92. The van der Waals surface area contributed by atoms with Crippen molar-refractivity contribution < 1.29 is 5.11 Å². The standard InChI is InChI=1S/C21H15ClN2O/c22-16-10-12-17(13-11-16)24-20(15-6-2-1-3-7-15)14-19(23-24)18-8-4-5-9-21(18)25/h1-14,25H. The van der Waals surface area contributed by atoms with Crippen LogP contribution < -0.4 is 0 Å². The molecule has 0 fully saturated rings. The zero-order valence-corrected chi connectivity index (χ0v) is 14.1. The zero-order valence-electron chi connectivity index (χ0n) is 13.3. The average Bonchev–Trinajstić information content (AvgIpc) is 3.08. The highest BCUT2D eigenvalue weighted by Crippen LogP contribution is 2.32. The highest BCUT2D eigenvalue weighted by molar-refractivity contribution is 6.30. The summed E-state index contributed by atoms with van der Waals surface area (Å²) in [6.07, 6.45) is 0. The van der Waals surface area contributed by atoms with Crippen LogP contribution in [0.2, 0.25) is 5.02 Å².